The molecule has 7 heterocycles. The second-order valence-electron chi connectivity index (χ2n) is 27.5. The zero-order valence-corrected chi connectivity index (χ0v) is 57.8. The van der Waals surface area contributed by atoms with Gasteiger partial charge >= 0.3 is 0 Å². The molecule has 1 aromatic carbocycles. The van der Waals surface area contributed by atoms with Crippen molar-refractivity contribution in [1.29, 1.82) is 0 Å². The Morgan fingerprint density at radius 1 is 0.789 bits per heavy atom. The molecule has 0 saturated carbocycles. The third-order valence-electron chi connectivity index (χ3n) is 20.5. The monoisotopic (exact) mass is 1390 g/mol. The van der Waals surface area contributed by atoms with E-state index in [1.807, 2.05) is 80.5 Å². The van der Waals surface area contributed by atoms with Crippen LogP contribution in [0.25, 0.3) is 16.4 Å². The van der Waals surface area contributed by atoms with Gasteiger partial charge in [-0.2, -0.15) is 5.70 Å². The van der Waals surface area contributed by atoms with Crippen LogP contribution in [0, 0.1) is 59.2 Å². The molecule has 1 radical (unpaired) electrons. The summed E-state index contributed by atoms with van der Waals surface area (Å²) in [7, 11) is -5.32. The fraction of sp³-hybridized carbons (Fsp3) is 0.625. The van der Waals surface area contributed by atoms with E-state index < -0.39 is 149 Å². The molecule has 6 aliphatic heterocycles. The maximum atomic E-state index is 14.4. The molecule has 31 heteroatoms. The number of aliphatic imine (C=N–C) groups is 3. The number of nitrogens with two attached hydrogens (primary N) is 6. The van der Waals surface area contributed by atoms with Crippen molar-refractivity contribution in [3.05, 3.63) is 69.2 Å². The molecule has 2 fully saturated rings. The molecule has 0 aliphatic carbocycles. The maximum absolute atomic E-state index is 14.4. The number of primary amides is 6. The zero-order chi connectivity index (χ0) is 70.3. The van der Waals surface area contributed by atoms with Crippen molar-refractivity contribution < 1.29 is 93.7 Å². The van der Waals surface area contributed by atoms with Gasteiger partial charge in [-0.15, -0.1) is 0 Å². The number of amides is 7. The average Bonchev–Trinajstić information content (AvgIpc) is 1.53. The maximum Gasteiger partial charge on any atom is 0.300 e. The van der Waals surface area contributed by atoms with Crippen LogP contribution < -0.4 is 44.6 Å². The van der Waals surface area contributed by atoms with E-state index >= 15 is 0 Å². The third kappa shape index (κ3) is 15.7. The summed E-state index contributed by atoms with van der Waals surface area (Å²) in [5.41, 5.74) is 36.7. The summed E-state index contributed by atoms with van der Waals surface area (Å²) in [4.78, 5) is 137. The number of rotatable bonds is 26. The van der Waals surface area contributed by atoms with Crippen LogP contribution in [0.3, 0.4) is 0 Å². The number of imidazole rings is 1. The molecule has 2 aromatic rings. The topological polar surface area (TPSA) is 502 Å². The number of phosphoric acid groups is 1. The first-order valence-corrected chi connectivity index (χ1v) is 32.9. The summed E-state index contributed by atoms with van der Waals surface area (Å²) in [6.45, 7) is 20.0. The van der Waals surface area contributed by atoms with E-state index in [1.165, 1.54) is 17.8 Å². The van der Waals surface area contributed by atoms with E-state index in [2.05, 4.69) is 10.3 Å². The Morgan fingerprint density at radius 2 is 1.36 bits per heavy atom. The summed E-state index contributed by atoms with van der Waals surface area (Å²) in [5, 5.41) is 37.5. The van der Waals surface area contributed by atoms with E-state index in [0.29, 0.717) is 56.4 Å². The molecule has 6 aliphatic rings. The number of nitrogens with one attached hydrogen (secondary N) is 1. The minimum absolute atomic E-state index is 0. The second-order valence-corrected chi connectivity index (χ2v) is 28.8. The predicted molar refractivity (Wildman–Crippen MR) is 345 cm³/mol. The van der Waals surface area contributed by atoms with Crippen LogP contribution in [0.15, 0.2) is 67.8 Å². The number of nitrogens with zero attached hydrogens (tertiary/aromatic N) is 6. The number of phosphoric ester groups is 1. The van der Waals surface area contributed by atoms with Gasteiger partial charge in [-0.05, 0) is 119 Å². The van der Waals surface area contributed by atoms with E-state index in [-0.39, 0.29) is 94.0 Å². The number of carbonyl (C=O) groups excluding carboxylic acids is 7. The van der Waals surface area contributed by atoms with Gasteiger partial charge in [0.25, 0.3) is 13.8 Å². The summed E-state index contributed by atoms with van der Waals surface area (Å²) in [5.74, 6) is -8.24. The fourth-order valence-electron chi connectivity index (χ4n) is 15.3. The van der Waals surface area contributed by atoms with Crippen molar-refractivity contribution in [2.75, 3.05) is 13.2 Å². The normalized spacial score (nSPS) is 32.7. The van der Waals surface area contributed by atoms with Gasteiger partial charge < -0.3 is 83.6 Å². The molecular weight excluding hydrogens is 1300 g/mol. The largest absolute Gasteiger partial charge is 0.756 e. The first-order chi connectivity index (χ1) is 43.6. The number of hydrogen-bond donors (Lipinski definition) is 10. The number of aromatic nitrogens is 2. The van der Waals surface area contributed by atoms with Crippen molar-refractivity contribution in [2.45, 2.75) is 196 Å². The van der Waals surface area contributed by atoms with Crippen LogP contribution in [0.2, 0.25) is 0 Å². The Labute approximate surface area is 562 Å². The number of allylic oxidation sites excluding steroid dienone is 6. The zero-order valence-electron chi connectivity index (χ0n) is 55.9. The number of aliphatic hydroxyl groups is 2. The number of aliphatic hydroxyl groups excluding tert-OH is 2. The summed E-state index contributed by atoms with van der Waals surface area (Å²) in [6.07, 6.45) is -4.79. The van der Waals surface area contributed by atoms with Gasteiger partial charge in [-0.3, -0.25) is 57.9 Å². The molecule has 7 amide bonds. The Balaban J connectivity index is 0.00000278. The number of carboxylic acid groups (broad SMARTS) is 1. The Morgan fingerprint density at radius 3 is 1.92 bits per heavy atom. The molecule has 8 rings (SSSR count). The molecule has 5 unspecified atom stereocenters. The first-order valence-electron chi connectivity index (χ1n) is 31.4. The molecule has 525 valence electrons. The molecule has 8 bridgehead atoms. The number of carboxylic acids is 1. The van der Waals surface area contributed by atoms with Gasteiger partial charge in [-0.25, -0.2) is 4.98 Å². The molecule has 29 nitrogen and oxygen atoms in total. The first kappa shape index (κ1) is 77.0. The van der Waals surface area contributed by atoms with Gasteiger partial charge in [0, 0.05) is 132 Å². The van der Waals surface area contributed by atoms with Crippen molar-refractivity contribution in [3.63, 3.8) is 0 Å². The molecule has 0 spiro atoms. The number of carbonyl (C=O) groups is 8. The van der Waals surface area contributed by atoms with Gasteiger partial charge in [0.05, 0.1) is 41.3 Å². The van der Waals surface area contributed by atoms with Gasteiger partial charge in [0.2, 0.25) is 41.4 Å². The number of ether oxygens (including phenoxy) is 1. The van der Waals surface area contributed by atoms with E-state index in [4.69, 9.17) is 78.4 Å². The number of fused-ring (bicyclic) bond motifs is 7. The molecule has 1 aromatic heterocycles. The van der Waals surface area contributed by atoms with E-state index in [1.54, 1.807) is 6.92 Å². The van der Waals surface area contributed by atoms with Crippen molar-refractivity contribution in [2.24, 2.45) is 94.7 Å². The minimum atomic E-state index is -5.32. The Kier molecular flexibility index (Phi) is 23.8. The van der Waals surface area contributed by atoms with E-state index in [0.717, 1.165) is 18.1 Å². The predicted octanol–water partition coefficient (Wildman–Crippen LogP) is 3.40. The van der Waals surface area contributed by atoms with Crippen LogP contribution in [-0.2, 0) is 73.5 Å². The van der Waals surface area contributed by atoms with Crippen molar-refractivity contribution in [1.82, 2.24) is 14.9 Å². The summed E-state index contributed by atoms with van der Waals surface area (Å²) >= 11 is 0. The van der Waals surface area contributed by atoms with Gasteiger partial charge in [0.15, 0.2) is 6.23 Å². The molecule has 16 N–H and O–H groups in total. The Hall–Kier alpha value is -7.02. The summed E-state index contributed by atoms with van der Waals surface area (Å²) < 4.78 is 31.9. The molecule has 95 heavy (non-hydrogen) atoms. The molecular formula is C64H92CoN13O16P-2. The standard InChI is InChI=1S/C62H90N13O14P.C2H4O2.Co/c1-29-20-39-40(21-30(29)2)75(28-70-39)57-52(84)53(41(27-76)87-57)89-90(85,86)88-31(3)26-69-49(83)18-19-59(8)37(22-46(66)80)56-62(11)61(10,25-48(68)82)36(14-17-45(65)79)51(74-62)33(5)55-60(9,24-47(67)81)34(12-15-43(63)77)38(71-55)23-42-58(6,7)35(13-16-44(64)78)50(72-42)32(4)54(59)73-56;1-2(3)4;/h20-21,23,28,31,34-37,41,52-53,56-57,76,84H,12-19,22,24-27H2,1-11H3,(H15,63,64,65,66,67,68,69,71,72,73,74,77,78,79,80,81,82,83,85,86);1H3,(H,3,4);/p-2/t31?,34-,35?,36-,37?,41-,52-,53-,56?,57+,59-,60+,61+,62+;;/m1../s1. The SMILES string of the molecule is C/C1=C2/[N-]C(C(CC(N)=O)[C@@]2(C)CCC(=O)NCC(C)OP(=O)([O-])O[C@H]2[C@@H](O)[C@@H](n3cnc4cc(C)c(C)cc43)O[C@@H]2CO)[C@]2(C)N=C(/C(C)=C3N=C(/C=C4N=C1C(CCC(N)=O)C\4(C)C)[C@@H](CCC(N)=O)[C@]\3(C)CC(N)=O)[C@@H](CCC(N)=O)[C@]2(C)CC(N)=O.CC(=O)O.[Co]. The second kappa shape index (κ2) is 29.4. The Bertz CT molecular complexity index is 3650. The van der Waals surface area contributed by atoms with Crippen molar-refractivity contribution >= 4 is 83.3 Å². The molecule has 15 atom stereocenters. The van der Waals surface area contributed by atoms with Crippen LogP contribution in [0.1, 0.15) is 157 Å². The quantitative estimate of drug-likeness (QED) is 0.0603. The number of hydrogen-bond acceptors (Lipinski definition) is 19. The van der Waals surface area contributed by atoms with Gasteiger partial charge in [-0.1, -0.05) is 40.7 Å². The third-order valence-corrected chi connectivity index (χ3v) is 21.6. The number of benzene rings is 1. The minimum Gasteiger partial charge on any atom is -0.756 e. The van der Waals surface area contributed by atoms with Crippen LogP contribution in [0.4, 0.5) is 0 Å². The van der Waals surface area contributed by atoms with Crippen LogP contribution >= 0.6 is 7.82 Å². The smallest absolute Gasteiger partial charge is 0.300 e. The van der Waals surface area contributed by atoms with E-state index in [9.17, 15) is 53.2 Å². The van der Waals surface area contributed by atoms with Crippen LogP contribution in [-0.4, -0.2) is 138 Å². The van der Waals surface area contributed by atoms with Crippen LogP contribution in [0.5, 0.6) is 0 Å². The molecule has 2 saturated heterocycles. The van der Waals surface area contributed by atoms with Crippen molar-refractivity contribution in [3.8, 4) is 0 Å². The fourth-order valence-corrected chi connectivity index (χ4v) is 16.4. The number of aryl methyl sites for hydroxylation is 2. The summed E-state index contributed by atoms with van der Waals surface area (Å²) in [6, 6.07) is 2.65. The number of aliphatic carboxylic acids is 1. The van der Waals surface area contributed by atoms with Gasteiger partial charge in [0.1, 0.15) is 18.3 Å². The average molecular weight is 1390 g/mol.